The molecule has 4 nitrogen and oxygen atoms in total. The second kappa shape index (κ2) is 5.72. The van der Waals surface area contributed by atoms with Crippen LogP contribution in [0.25, 0.3) is 17.2 Å². The van der Waals surface area contributed by atoms with Gasteiger partial charge in [-0.1, -0.05) is 54.6 Å². The lowest BCUT2D eigenvalue weighted by Crippen LogP contribution is -2.41. The summed E-state index contributed by atoms with van der Waals surface area (Å²) in [5, 5.41) is 0. The summed E-state index contributed by atoms with van der Waals surface area (Å²) in [7, 11) is 0. The molecule has 0 aromatic heterocycles. The third-order valence-electron chi connectivity index (χ3n) is 3.45. The zero-order valence-electron chi connectivity index (χ0n) is 12.9. The molecule has 0 unspecified atom stereocenters. The fourth-order valence-corrected chi connectivity index (χ4v) is 2.35. The van der Waals surface area contributed by atoms with Crippen LogP contribution in [-0.4, -0.2) is 17.7 Å². The molecule has 2 aromatic carbocycles. The number of carbonyl (C=O) groups excluding carboxylic acids is 2. The van der Waals surface area contributed by atoms with Crippen LogP contribution in [0.5, 0.6) is 0 Å². The molecule has 0 aliphatic carbocycles. The molecule has 1 saturated heterocycles. The number of rotatable bonds is 2. The molecule has 23 heavy (non-hydrogen) atoms. The zero-order valence-corrected chi connectivity index (χ0v) is 12.9. The number of hydrogen-bond acceptors (Lipinski definition) is 4. The van der Waals surface area contributed by atoms with Gasteiger partial charge in [-0.3, -0.25) is 0 Å². The van der Waals surface area contributed by atoms with Crippen LogP contribution in [0.4, 0.5) is 0 Å². The Morgan fingerprint density at radius 2 is 1.30 bits per heavy atom. The van der Waals surface area contributed by atoms with Crippen LogP contribution in [0.3, 0.4) is 0 Å². The predicted octanol–water partition coefficient (Wildman–Crippen LogP) is 3.57. The van der Waals surface area contributed by atoms with Crippen LogP contribution >= 0.6 is 0 Å². The highest BCUT2D eigenvalue weighted by atomic mass is 16.7. The number of cyclic esters (lactones) is 2. The Hall–Kier alpha value is -2.88. The molecule has 4 heteroatoms. The molecule has 0 bridgehead atoms. The van der Waals surface area contributed by atoms with E-state index >= 15 is 0 Å². The van der Waals surface area contributed by atoms with Gasteiger partial charge in [0.05, 0.1) is 0 Å². The molecule has 0 radical (unpaired) electrons. The molecule has 1 aliphatic heterocycles. The first-order chi connectivity index (χ1) is 10.9. The van der Waals surface area contributed by atoms with E-state index in [1.165, 1.54) is 19.9 Å². The van der Waals surface area contributed by atoms with Crippen molar-refractivity contribution < 1.29 is 19.1 Å². The maximum Gasteiger partial charge on any atom is 0.348 e. The average molecular weight is 308 g/mol. The van der Waals surface area contributed by atoms with Crippen molar-refractivity contribution in [3.63, 3.8) is 0 Å². The first-order valence-corrected chi connectivity index (χ1v) is 7.28. The molecule has 1 aliphatic rings. The Morgan fingerprint density at radius 1 is 0.783 bits per heavy atom. The van der Waals surface area contributed by atoms with Crippen molar-refractivity contribution in [3.8, 4) is 11.1 Å². The smallest absolute Gasteiger partial charge is 0.348 e. The Morgan fingerprint density at radius 3 is 1.87 bits per heavy atom. The molecule has 116 valence electrons. The van der Waals surface area contributed by atoms with Gasteiger partial charge in [0.15, 0.2) is 0 Å². The van der Waals surface area contributed by atoms with Crippen molar-refractivity contribution in [1.82, 2.24) is 0 Å². The normalized spacial score (nSPS) is 16.5. The first kappa shape index (κ1) is 15.0. The van der Waals surface area contributed by atoms with Gasteiger partial charge in [0.1, 0.15) is 5.57 Å². The van der Waals surface area contributed by atoms with E-state index in [0.29, 0.717) is 0 Å². The Labute approximate surface area is 134 Å². The summed E-state index contributed by atoms with van der Waals surface area (Å²) in [6.07, 6.45) is 1.48. The summed E-state index contributed by atoms with van der Waals surface area (Å²) < 4.78 is 10.1. The molecule has 2 aromatic rings. The minimum absolute atomic E-state index is 0.100. The second-order valence-corrected chi connectivity index (χ2v) is 5.72. The highest BCUT2D eigenvalue weighted by Crippen LogP contribution is 2.25. The molecule has 0 N–H and O–H groups in total. The lowest BCUT2D eigenvalue weighted by atomic mass is 10.0. The lowest BCUT2D eigenvalue weighted by Gasteiger charge is -2.29. The van der Waals surface area contributed by atoms with Crippen molar-refractivity contribution in [1.29, 1.82) is 0 Å². The fraction of sp³-hybridized carbons (Fsp3) is 0.158. The number of carbonyl (C=O) groups is 2. The molecule has 1 heterocycles. The molecule has 0 atom stereocenters. The average Bonchev–Trinajstić information content (AvgIpc) is 2.51. The molecule has 3 rings (SSSR count). The van der Waals surface area contributed by atoms with Gasteiger partial charge in [0.2, 0.25) is 0 Å². The maximum atomic E-state index is 11.9. The third-order valence-corrected chi connectivity index (χ3v) is 3.45. The summed E-state index contributed by atoms with van der Waals surface area (Å²) in [5.74, 6) is -2.56. The van der Waals surface area contributed by atoms with Crippen LogP contribution in [0, 0.1) is 0 Å². The van der Waals surface area contributed by atoms with Gasteiger partial charge in [-0.2, -0.15) is 0 Å². The van der Waals surface area contributed by atoms with E-state index < -0.39 is 17.7 Å². The summed E-state index contributed by atoms with van der Waals surface area (Å²) >= 11 is 0. The SMILES string of the molecule is CC1(C)OC(=O)C(=Cc2ccc(-c3ccccc3)cc2)C(=O)O1. The molecule has 1 fully saturated rings. The largest absolute Gasteiger partial charge is 0.419 e. The number of ether oxygens (including phenoxy) is 2. The highest BCUT2D eigenvalue weighted by molar-refractivity contribution is 6.18. The summed E-state index contributed by atoms with van der Waals surface area (Å²) in [6.45, 7) is 3.04. The quantitative estimate of drug-likeness (QED) is 0.483. The van der Waals surface area contributed by atoms with Gasteiger partial charge in [0, 0.05) is 13.8 Å². The van der Waals surface area contributed by atoms with Gasteiger partial charge in [-0.05, 0) is 22.8 Å². The number of benzene rings is 2. The molecule has 0 saturated carbocycles. The second-order valence-electron chi connectivity index (χ2n) is 5.72. The van der Waals surface area contributed by atoms with E-state index in [1.54, 1.807) is 0 Å². The predicted molar refractivity (Wildman–Crippen MR) is 86.1 cm³/mol. The monoisotopic (exact) mass is 308 g/mol. The van der Waals surface area contributed by atoms with Crippen molar-refractivity contribution >= 4 is 18.0 Å². The zero-order chi connectivity index (χ0) is 16.4. The Balaban J connectivity index is 1.86. The third kappa shape index (κ3) is 3.31. The molecular weight excluding hydrogens is 292 g/mol. The minimum Gasteiger partial charge on any atom is -0.419 e. The van der Waals surface area contributed by atoms with E-state index in [-0.39, 0.29) is 5.57 Å². The molecule has 0 amide bonds. The van der Waals surface area contributed by atoms with Gasteiger partial charge in [-0.15, -0.1) is 0 Å². The van der Waals surface area contributed by atoms with Crippen LogP contribution < -0.4 is 0 Å². The van der Waals surface area contributed by atoms with E-state index in [9.17, 15) is 9.59 Å². The highest BCUT2D eigenvalue weighted by Gasteiger charge is 2.38. The van der Waals surface area contributed by atoms with Gasteiger partial charge >= 0.3 is 11.9 Å². The van der Waals surface area contributed by atoms with Crippen LogP contribution in [0.2, 0.25) is 0 Å². The molecule has 0 spiro atoms. The topological polar surface area (TPSA) is 52.6 Å². The minimum atomic E-state index is -1.22. The maximum absolute atomic E-state index is 11.9. The Bertz CT molecular complexity index is 749. The van der Waals surface area contributed by atoms with Crippen molar-refractivity contribution in [2.45, 2.75) is 19.6 Å². The number of hydrogen-bond donors (Lipinski definition) is 0. The van der Waals surface area contributed by atoms with E-state index in [4.69, 9.17) is 9.47 Å². The van der Waals surface area contributed by atoms with E-state index in [1.807, 2.05) is 54.6 Å². The summed E-state index contributed by atoms with van der Waals surface area (Å²) in [5.41, 5.74) is 2.79. The lowest BCUT2D eigenvalue weighted by molar-refractivity contribution is -0.222. The number of esters is 2. The van der Waals surface area contributed by atoms with E-state index in [0.717, 1.165) is 16.7 Å². The first-order valence-electron chi connectivity index (χ1n) is 7.28. The van der Waals surface area contributed by atoms with Crippen molar-refractivity contribution in [2.24, 2.45) is 0 Å². The summed E-state index contributed by atoms with van der Waals surface area (Å²) in [6, 6.07) is 17.5. The van der Waals surface area contributed by atoms with Crippen molar-refractivity contribution in [2.75, 3.05) is 0 Å². The van der Waals surface area contributed by atoms with E-state index in [2.05, 4.69) is 0 Å². The van der Waals surface area contributed by atoms with Gasteiger partial charge in [-0.25, -0.2) is 9.59 Å². The van der Waals surface area contributed by atoms with Crippen LogP contribution in [0.1, 0.15) is 19.4 Å². The van der Waals surface area contributed by atoms with Crippen LogP contribution in [0.15, 0.2) is 60.2 Å². The fourth-order valence-electron chi connectivity index (χ4n) is 2.35. The standard InChI is InChI=1S/C19H16O4/c1-19(2)22-17(20)16(18(21)23-19)12-13-8-10-15(11-9-13)14-6-4-3-5-7-14/h3-12H,1-2H3. The Kier molecular flexibility index (Phi) is 3.74. The van der Waals surface area contributed by atoms with Crippen molar-refractivity contribution in [3.05, 3.63) is 65.7 Å². The summed E-state index contributed by atoms with van der Waals surface area (Å²) in [4.78, 5) is 23.8. The molecular formula is C19H16O4. The van der Waals surface area contributed by atoms with Gasteiger partial charge < -0.3 is 9.47 Å². The van der Waals surface area contributed by atoms with Crippen LogP contribution in [-0.2, 0) is 19.1 Å². The van der Waals surface area contributed by atoms with Gasteiger partial charge in [0.25, 0.3) is 5.79 Å².